The number of benzene rings is 1. The van der Waals surface area contributed by atoms with Crippen molar-refractivity contribution in [2.45, 2.75) is 32.4 Å². The van der Waals surface area contributed by atoms with E-state index in [0.717, 1.165) is 38.0 Å². The van der Waals surface area contributed by atoms with Crippen LogP contribution in [0.1, 0.15) is 46.2 Å². The van der Waals surface area contributed by atoms with Crippen molar-refractivity contribution in [2.75, 3.05) is 31.7 Å². The number of carbonyl (C=O) groups is 2. The summed E-state index contributed by atoms with van der Waals surface area (Å²) in [6, 6.07) is 7.38. The van der Waals surface area contributed by atoms with E-state index in [4.69, 9.17) is 27.8 Å². The predicted octanol–water partition coefficient (Wildman–Crippen LogP) is 0.694. The number of quaternary nitrogens is 1. The number of halogens is 1. The summed E-state index contributed by atoms with van der Waals surface area (Å²) in [7, 11) is 1.37. The van der Waals surface area contributed by atoms with Crippen LogP contribution < -0.4 is 21.7 Å². The van der Waals surface area contributed by atoms with Crippen molar-refractivity contribution in [1.82, 2.24) is 15.3 Å². The number of aromatic nitrogens is 2. The Kier molecular flexibility index (Phi) is 7.29. The Hall–Kier alpha value is -2.91. The molecule has 0 spiro atoms. The zero-order valence-electron chi connectivity index (χ0n) is 17.7. The molecule has 1 aliphatic rings. The number of esters is 1. The van der Waals surface area contributed by atoms with Crippen molar-refractivity contribution in [3.63, 3.8) is 0 Å². The molecule has 0 bridgehead atoms. The van der Waals surface area contributed by atoms with Gasteiger partial charge in [-0.05, 0) is 18.1 Å². The van der Waals surface area contributed by atoms with E-state index in [1.165, 1.54) is 12.0 Å². The van der Waals surface area contributed by atoms with E-state index in [1.54, 1.807) is 12.1 Å². The number of ether oxygens (including phenoxy) is 1. The minimum atomic E-state index is -0.404. The van der Waals surface area contributed by atoms with Crippen molar-refractivity contribution in [3.8, 4) is 0 Å². The van der Waals surface area contributed by atoms with Crippen LogP contribution in [0.3, 0.4) is 0 Å². The Morgan fingerprint density at radius 3 is 2.58 bits per heavy atom. The SMILES string of the molecule is CCC1CC[NH+](Cc2ccc(C(=O)OC)cc2)CC1NC(=O)c1nc(Cl)c(N)nc1N. The normalized spacial score (nSPS) is 20.8. The van der Waals surface area contributed by atoms with E-state index in [0.29, 0.717) is 11.5 Å². The molecule has 166 valence electrons. The average Bonchev–Trinajstić information content (AvgIpc) is 2.76. The zero-order chi connectivity index (χ0) is 22.5. The van der Waals surface area contributed by atoms with E-state index in [9.17, 15) is 9.59 Å². The fourth-order valence-electron chi connectivity index (χ4n) is 4.00. The highest BCUT2D eigenvalue weighted by molar-refractivity contribution is 6.31. The molecule has 0 radical (unpaired) electrons. The molecule has 0 saturated carbocycles. The first kappa shape index (κ1) is 22.8. The number of methoxy groups -OCH3 is 1. The third-order valence-electron chi connectivity index (χ3n) is 5.74. The van der Waals surface area contributed by atoms with Gasteiger partial charge in [0.1, 0.15) is 6.54 Å². The van der Waals surface area contributed by atoms with E-state index < -0.39 is 5.91 Å². The van der Waals surface area contributed by atoms with Crippen LogP contribution in [-0.4, -0.2) is 48.1 Å². The lowest BCUT2D eigenvalue weighted by atomic mass is 9.89. The molecule has 9 nitrogen and oxygen atoms in total. The minimum Gasteiger partial charge on any atom is -0.465 e. The van der Waals surface area contributed by atoms with Crippen LogP contribution in [-0.2, 0) is 11.3 Å². The summed E-state index contributed by atoms with van der Waals surface area (Å²) in [5, 5.41) is 3.02. The Morgan fingerprint density at radius 2 is 1.94 bits per heavy atom. The minimum absolute atomic E-state index is 0.00587. The maximum atomic E-state index is 12.8. The van der Waals surface area contributed by atoms with Crippen molar-refractivity contribution in [3.05, 3.63) is 46.2 Å². The number of likely N-dealkylation sites (tertiary alicyclic amines) is 1. The lowest BCUT2D eigenvalue weighted by molar-refractivity contribution is -0.921. The van der Waals surface area contributed by atoms with E-state index in [2.05, 4.69) is 22.2 Å². The second kappa shape index (κ2) is 9.93. The topological polar surface area (TPSA) is 138 Å². The van der Waals surface area contributed by atoms with Gasteiger partial charge in [0.15, 0.2) is 22.5 Å². The van der Waals surface area contributed by atoms with Gasteiger partial charge in [-0.1, -0.05) is 37.1 Å². The van der Waals surface area contributed by atoms with Crippen LogP contribution in [0.2, 0.25) is 5.15 Å². The molecule has 1 aromatic heterocycles. The average molecular weight is 448 g/mol. The summed E-state index contributed by atoms with van der Waals surface area (Å²) < 4.78 is 4.74. The third-order valence-corrected chi connectivity index (χ3v) is 6.01. The lowest BCUT2D eigenvalue weighted by Crippen LogP contribution is -3.13. The molecule has 1 fully saturated rings. The largest absolute Gasteiger partial charge is 0.465 e. The van der Waals surface area contributed by atoms with Crippen molar-refractivity contribution in [1.29, 1.82) is 0 Å². The number of nitrogens with two attached hydrogens (primary N) is 2. The van der Waals surface area contributed by atoms with E-state index >= 15 is 0 Å². The van der Waals surface area contributed by atoms with Crippen LogP contribution >= 0.6 is 11.6 Å². The fraction of sp³-hybridized carbons (Fsp3) is 0.429. The third kappa shape index (κ3) is 5.42. The van der Waals surface area contributed by atoms with Crippen molar-refractivity contribution >= 4 is 35.1 Å². The number of nitrogen functional groups attached to an aromatic ring is 2. The molecule has 2 heterocycles. The summed E-state index contributed by atoms with van der Waals surface area (Å²) in [4.78, 5) is 33.6. The quantitative estimate of drug-likeness (QED) is 0.478. The molecule has 2 aromatic rings. The smallest absolute Gasteiger partial charge is 0.337 e. The summed E-state index contributed by atoms with van der Waals surface area (Å²) in [6.45, 7) is 4.67. The van der Waals surface area contributed by atoms with Crippen molar-refractivity contribution < 1.29 is 19.2 Å². The van der Waals surface area contributed by atoms with Crippen LogP contribution in [0.15, 0.2) is 24.3 Å². The monoisotopic (exact) mass is 447 g/mol. The molecule has 3 rings (SSSR count). The summed E-state index contributed by atoms with van der Waals surface area (Å²) in [6.07, 6.45) is 1.94. The molecule has 3 atom stereocenters. The Labute approximate surface area is 186 Å². The number of anilines is 2. The zero-order valence-corrected chi connectivity index (χ0v) is 18.4. The summed E-state index contributed by atoms with van der Waals surface area (Å²) in [5.74, 6) is -0.450. The van der Waals surface area contributed by atoms with Gasteiger partial charge in [0.2, 0.25) is 0 Å². The number of hydrogen-bond donors (Lipinski definition) is 4. The Bertz CT molecular complexity index is 953. The fourth-order valence-corrected chi connectivity index (χ4v) is 4.13. The number of nitrogens with one attached hydrogen (secondary N) is 2. The van der Waals surface area contributed by atoms with Crippen LogP contribution in [0, 0.1) is 5.92 Å². The van der Waals surface area contributed by atoms with Crippen molar-refractivity contribution in [2.24, 2.45) is 5.92 Å². The summed E-state index contributed by atoms with van der Waals surface area (Å²) >= 11 is 5.91. The first-order valence-electron chi connectivity index (χ1n) is 10.2. The van der Waals surface area contributed by atoms with E-state index in [1.807, 2.05) is 12.1 Å². The van der Waals surface area contributed by atoms with Gasteiger partial charge in [-0.25, -0.2) is 14.8 Å². The number of rotatable bonds is 6. The molecule has 10 heteroatoms. The van der Waals surface area contributed by atoms with Gasteiger partial charge in [-0.2, -0.15) is 0 Å². The van der Waals surface area contributed by atoms with Gasteiger partial charge in [-0.3, -0.25) is 4.79 Å². The van der Waals surface area contributed by atoms with Gasteiger partial charge >= 0.3 is 5.97 Å². The molecule has 6 N–H and O–H groups in total. The first-order valence-corrected chi connectivity index (χ1v) is 10.6. The molecule has 1 aromatic carbocycles. The van der Waals surface area contributed by atoms with Gasteiger partial charge in [0.25, 0.3) is 5.91 Å². The second-order valence-corrected chi connectivity index (χ2v) is 8.10. The molecule has 1 aliphatic heterocycles. The van der Waals surface area contributed by atoms with Crippen LogP contribution in [0.4, 0.5) is 11.6 Å². The number of nitrogens with zero attached hydrogens (tertiary/aromatic N) is 2. The Morgan fingerprint density at radius 1 is 1.23 bits per heavy atom. The molecule has 0 aliphatic carbocycles. The highest BCUT2D eigenvalue weighted by Crippen LogP contribution is 2.19. The maximum Gasteiger partial charge on any atom is 0.337 e. The molecule has 1 amide bonds. The summed E-state index contributed by atoms with van der Waals surface area (Å²) in [5.41, 5.74) is 13.0. The highest BCUT2D eigenvalue weighted by atomic mass is 35.5. The standard InChI is InChI=1S/C21H27ClN6O3/c1-3-13-8-9-28(10-12-4-6-14(7-5-12)21(30)31-2)11-15(13)25-20(29)16-18(23)27-19(24)17(22)26-16/h4-7,13,15H,3,8-11H2,1-2H3,(H,25,29)(H4,23,24,27)/p+1. The first-order chi connectivity index (χ1) is 14.8. The number of amides is 1. The van der Waals surface area contributed by atoms with Gasteiger partial charge in [0, 0.05) is 12.0 Å². The molecule has 3 unspecified atom stereocenters. The van der Waals surface area contributed by atoms with Gasteiger partial charge in [-0.15, -0.1) is 0 Å². The molecular formula is C21H28ClN6O3+. The molecule has 31 heavy (non-hydrogen) atoms. The van der Waals surface area contributed by atoms with E-state index in [-0.39, 0.29) is 34.5 Å². The molecule has 1 saturated heterocycles. The predicted molar refractivity (Wildman–Crippen MR) is 118 cm³/mol. The second-order valence-electron chi connectivity index (χ2n) is 7.74. The number of hydrogen-bond acceptors (Lipinski definition) is 7. The number of piperidine rings is 1. The number of carbonyl (C=O) groups excluding carboxylic acids is 2. The highest BCUT2D eigenvalue weighted by Gasteiger charge is 2.33. The molecular weight excluding hydrogens is 420 g/mol. The van der Waals surface area contributed by atoms with Gasteiger partial charge < -0.3 is 26.4 Å². The maximum absolute atomic E-state index is 12.8. The lowest BCUT2D eigenvalue weighted by Gasteiger charge is -2.36. The van der Waals surface area contributed by atoms with Crippen LogP contribution in [0.25, 0.3) is 0 Å². The van der Waals surface area contributed by atoms with Crippen LogP contribution in [0.5, 0.6) is 0 Å². The Balaban J connectivity index is 1.68. The van der Waals surface area contributed by atoms with Gasteiger partial charge in [0.05, 0.1) is 31.8 Å².